The highest BCUT2D eigenvalue weighted by molar-refractivity contribution is 5.94. The Bertz CT molecular complexity index is 1010. The van der Waals surface area contributed by atoms with Crippen LogP contribution in [0.3, 0.4) is 0 Å². The second-order valence-corrected chi connectivity index (χ2v) is 8.38. The number of hydrogen-bond acceptors (Lipinski definition) is 3. The van der Waals surface area contributed by atoms with Gasteiger partial charge in [0.15, 0.2) is 0 Å². The van der Waals surface area contributed by atoms with E-state index in [1.54, 1.807) is 12.1 Å². The molecule has 0 saturated heterocycles. The quantitative estimate of drug-likeness (QED) is 0.390. The first-order valence-electron chi connectivity index (χ1n) is 11.1. The van der Waals surface area contributed by atoms with Crippen LogP contribution < -0.4 is 15.5 Å². The Kier molecular flexibility index (Phi) is 7.97. The number of anilines is 1. The monoisotopic (exact) mass is 501 g/mol. The van der Waals surface area contributed by atoms with Gasteiger partial charge in [-0.25, -0.2) is 0 Å². The van der Waals surface area contributed by atoms with E-state index in [1.807, 2.05) is 6.92 Å². The molecular formula is C24H25F6N3O2. The largest absolute Gasteiger partial charge is 0.491 e. The van der Waals surface area contributed by atoms with Crippen molar-refractivity contribution in [2.24, 2.45) is 11.8 Å². The topological polar surface area (TPSA) is 61.4 Å². The van der Waals surface area contributed by atoms with Crippen molar-refractivity contribution in [3.8, 4) is 11.1 Å². The highest BCUT2D eigenvalue weighted by Gasteiger charge is 2.53. The van der Waals surface area contributed by atoms with E-state index in [0.29, 0.717) is 36.2 Å². The molecule has 1 aliphatic rings. The minimum Gasteiger partial charge on any atom is -0.356 e. The summed E-state index contributed by atoms with van der Waals surface area (Å²) in [7, 11) is 0. The Balaban J connectivity index is 1.60. The van der Waals surface area contributed by atoms with Crippen LogP contribution >= 0.6 is 0 Å². The van der Waals surface area contributed by atoms with Gasteiger partial charge in [-0.3, -0.25) is 9.59 Å². The Labute approximate surface area is 198 Å². The molecular weight excluding hydrogens is 476 g/mol. The maximum absolute atomic E-state index is 12.8. The van der Waals surface area contributed by atoms with Gasteiger partial charge < -0.3 is 10.6 Å². The molecule has 0 heterocycles. The highest BCUT2D eigenvalue weighted by Crippen LogP contribution is 2.39. The van der Waals surface area contributed by atoms with Crippen LogP contribution in [0.2, 0.25) is 0 Å². The third kappa shape index (κ3) is 6.67. The summed E-state index contributed by atoms with van der Waals surface area (Å²) in [6.07, 6.45) is -8.89. The molecule has 0 aromatic heterocycles. The zero-order valence-electron chi connectivity index (χ0n) is 18.8. The molecule has 3 rings (SSSR count). The van der Waals surface area contributed by atoms with Crippen molar-refractivity contribution in [1.29, 1.82) is 0 Å². The molecule has 1 saturated carbocycles. The first-order valence-corrected chi connectivity index (χ1v) is 11.1. The molecule has 11 heteroatoms. The number of rotatable bonds is 7. The first-order chi connectivity index (χ1) is 16.4. The van der Waals surface area contributed by atoms with Crippen LogP contribution in [0.1, 0.15) is 36.5 Å². The number of halogens is 6. The number of nitrogens with zero attached hydrogens (tertiary/aromatic N) is 1. The van der Waals surface area contributed by atoms with Crippen LogP contribution in [0.5, 0.6) is 0 Å². The molecule has 2 atom stereocenters. The fourth-order valence-electron chi connectivity index (χ4n) is 4.21. The van der Waals surface area contributed by atoms with Crippen molar-refractivity contribution in [2.75, 3.05) is 18.0 Å². The predicted molar refractivity (Wildman–Crippen MR) is 118 cm³/mol. The lowest BCUT2D eigenvalue weighted by molar-refractivity contribution is -0.226. The summed E-state index contributed by atoms with van der Waals surface area (Å²) < 4.78 is 77.1. The van der Waals surface area contributed by atoms with Gasteiger partial charge >= 0.3 is 12.6 Å². The van der Waals surface area contributed by atoms with Crippen LogP contribution in [0.15, 0.2) is 48.5 Å². The predicted octanol–water partition coefficient (Wildman–Crippen LogP) is 5.48. The van der Waals surface area contributed by atoms with Crippen molar-refractivity contribution in [1.82, 2.24) is 10.6 Å². The van der Waals surface area contributed by atoms with E-state index in [1.165, 1.54) is 12.1 Å². The number of carbonyl (C=O) groups is 2. The Morgan fingerprint density at radius 3 is 1.91 bits per heavy atom. The van der Waals surface area contributed by atoms with E-state index in [-0.39, 0.29) is 23.7 Å². The molecule has 190 valence electrons. The van der Waals surface area contributed by atoms with Crippen LogP contribution in [0, 0.1) is 11.8 Å². The second kappa shape index (κ2) is 10.6. The zero-order chi connectivity index (χ0) is 25.8. The molecule has 0 aliphatic heterocycles. The molecule has 2 N–H and O–H groups in total. The highest BCUT2D eigenvalue weighted by atomic mass is 19.4. The third-order valence-corrected chi connectivity index (χ3v) is 5.93. The lowest BCUT2D eigenvalue weighted by atomic mass is 10.0. The normalized spacial score (nSPS) is 18.3. The van der Waals surface area contributed by atoms with Crippen molar-refractivity contribution in [3.05, 3.63) is 54.1 Å². The van der Waals surface area contributed by atoms with Crippen LogP contribution in [-0.4, -0.2) is 37.5 Å². The van der Waals surface area contributed by atoms with Gasteiger partial charge in [0.05, 0.1) is 5.69 Å². The summed E-state index contributed by atoms with van der Waals surface area (Å²) in [5.74, 6) is -0.104. The van der Waals surface area contributed by atoms with Gasteiger partial charge in [-0.15, -0.1) is 26.3 Å². The average Bonchev–Trinajstić information content (AvgIpc) is 3.26. The summed E-state index contributed by atoms with van der Waals surface area (Å²) in [5, 5.41) is 5.66. The fraction of sp³-hybridized carbons (Fsp3) is 0.417. The lowest BCUT2D eigenvalue weighted by Gasteiger charge is -2.28. The third-order valence-electron chi connectivity index (χ3n) is 5.93. The van der Waals surface area contributed by atoms with Gasteiger partial charge in [0.25, 0.3) is 5.91 Å². The van der Waals surface area contributed by atoms with Gasteiger partial charge in [0.2, 0.25) is 5.91 Å². The van der Waals surface area contributed by atoms with Gasteiger partial charge in [-0.1, -0.05) is 24.3 Å². The lowest BCUT2D eigenvalue weighted by Crippen LogP contribution is -2.48. The number of benzene rings is 2. The van der Waals surface area contributed by atoms with E-state index in [4.69, 9.17) is 0 Å². The minimum absolute atomic E-state index is 0.0365. The smallest absolute Gasteiger partial charge is 0.356 e. The zero-order valence-corrected chi connectivity index (χ0v) is 18.8. The van der Waals surface area contributed by atoms with Gasteiger partial charge in [-0.05, 0) is 67.5 Å². The Morgan fingerprint density at radius 1 is 0.857 bits per heavy atom. The summed E-state index contributed by atoms with van der Waals surface area (Å²) in [5.41, 5.74) is 0.238. The van der Waals surface area contributed by atoms with E-state index in [0.717, 1.165) is 37.1 Å². The van der Waals surface area contributed by atoms with Gasteiger partial charge in [0.1, 0.15) is 0 Å². The molecule has 0 spiro atoms. The van der Waals surface area contributed by atoms with Crippen molar-refractivity contribution in [3.63, 3.8) is 0 Å². The summed E-state index contributed by atoms with van der Waals surface area (Å²) in [6.45, 7) is 2.88. The molecule has 1 fully saturated rings. The number of nitrogens with one attached hydrogen (secondary N) is 2. The molecule has 0 bridgehead atoms. The maximum Gasteiger partial charge on any atom is 0.491 e. The molecule has 0 unspecified atom stereocenters. The maximum atomic E-state index is 12.8. The van der Waals surface area contributed by atoms with Crippen molar-refractivity contribution < 1.29 is 35.9 Å². The molecule has 2 aromatic rings. The van der Waals surface area contributed by atoms with Crippen LogP contribution in [0.4, 0.5) is 32.0 Å². The van der Waals surface area contributed by atoms with Crippen LogP contribution in [0.25, 0.3) is 11.1 Å². The Morgan fingerprint density at radius 2 is 1.40 bits per heavy atom. The molecule has 2 amide bonds. The minimum atomic E-state index is -5.61. The molecule has 2 aromatic carbocycles. The Hall–Kier alpha value is -3.24. The first kappa shape index (κ1) is 26.4. The number of hydrogen-bond donors (Lipinski definition) is 2. The average molecular weight is 501 g/mol. The van der Waals surface area contributed by atoms with Gasteiger partial charge in [-0.2, -0.15) is 4.90 Å². The SMILES string of the molecule is CCNC(=O)[C@H]1CC[C@@H](CNC(=O)c2ccc(-c3ccc(N(C(F)(F)F)C(F)(F)F)cc3)cc2)C1. The summed E-state index contributed by atoms with van der Waals surface area (Å²) in [4.78, 5) is 22.8. The van der Waals surface area contributed by atoms with Gasteiger partial charge in [0, 0.05) is 24.6 Å². The fourth-order valence-corrected chi connectivity index (χ4v) is 4.21. The van der Waals surface area contributed by atoms with Crippen LogP contribution in [-0.2, 0) is 4.79 Å². The standard InChI is InChI=1S/C24H25F6N3O2/c1-2-31-22(35)19-4-3-15(13-19)14-32-21(34)18-7-5-16(6-8-18)17-9-11-20(12-10-17)33(23(25,26)27)24(28,29)30/h5-12,15,19H,2-4,13-14H2,1H3,(H,31,35)(H,32,34)/t15-,19+/m1/s1. The number of alkyl halides is 6. The van der Waals surface area contributed by atoms with E-state index >= 15 is 0 Å². The molecule has 5 nitrogen and oxygen atoms in total. The summed E-state index contributed by atoms with van der Waals surface area (Å²) in [6, 6.07) is 9.98. The second-order valence-electron chi connectivity index (χ2n) is 8.38. The number of carbonyl (C=O) groups excluding carboxylic acids is 2. The van der Waals surface area contributed by atoms with Crippen molar-refractivity contribution >= 4 is 17.5 Å². The summed E-state index contributed by atoms with van der Waals surface area (Å²) >= 11 is 0. The van der Waals surface area contributed by atoms with Crippen molar-refractivity contribution in [2.45, 2.75) is 38.8 Å². The van der Waals surface area contributed by atoms with E-state index in [2.05, 4.69) is 10.6 Å². The van der Waals surface area contributed by atoms with E-state index in [9.17, 15) is 35.9 Å². The van der Waals surface area contributed by atoms with E-state index < -0.39 is 23.2 Å². The molecule has 35 heavy (non-hydrogen) atoms. The number of amides is 2. The molecule has 0 radical (unpaired) electrons. The molecule has 1 aliphatic carbocycles.